The number of methoxy groups -OCH3 is 3. The third-order valence-corrected chi connectivity index (χ3v) is 3.21. The van der Waals surface area contributed by atoms with E-state index in [2.05, 4.69) is 10.6 Å². The first kappa shape index (κ1) is 15.9. The Morgan fingerprint density at radius 3 is 2.14 bits per heavy atom. The number of hydrogen-bond acceptors (Lipinski definition) is 4. The Kier molecular flexibility index (Phi) is 5.43. The van der Waals surface area contributed by atoms with Gasteiger partial charge in [0.1, 0.15) is 17.2 Å². The van der Waals surface area contributed by atoms with Crippen LogP contribution in [0.3, 0.4) is 0 Å². The third-order valence-electron chi connectivity index (χ3n) is 3.01. The molecule has 0 aliphatic rings. The van der Waals surface area contributed by atoms with E-state index in [0.29, 0.717) is 28.0 Å². The molecule has 2 rings (SSSR count). The summed E-state index contributed by atoms with van der Waals surface area (Å²) in [5.41, 5.74) is 1.50. The average molecular weight is 318 g/mol. The molecule has 22 heavy (non-hydrogen) atoms. The number of nitrogens with one attached hydrogen (secondary N) is 2. The van der Waals surface area contributed by atoms with Gasteiger partial charge in [-0.05, 0) is 36.5 Å². The van der Waals surface area contributed by atoms with Crippen molar-refractivity contribution >= 4 is 28.7 Å². The second-order valence-electron chi connectivity index (χ2n) is 4.35. The fourth-order valence-electron chi connectivity index (χ4n) is 1.94. The molecule has 0 aliphatic heterocycles. The van der Waals surface area contributed by atoms with Crippen LogP contribution in [0.5, 0.6) is 17.2 Å². The lowest BCUT2D eigenvalue weighted by Crippen LogP contribution is -2.19. The highest BCUT2D eigenvalue weighted by atomic mass is 32.1. The van der Waals surface area contributed by atoms with Gasteiger partial charge in [-0.25, -0.2) is 0 Å². The molecule has 0 fully saturated rings. The van der Waals surface area contributed by atoms with E-state index in [1.54, 1.807) is 21.3 Å². The summed E-state index contributed by atoms with van der Waals surface area (Å²) in [7, 11) is 4.82. The molecule has 0 atom stereocenters. The van der Waals surface area contributed by atoms with Crippen LogP contribution in [0.25, 0.3) is 0 Å². The van der Waals surface area contributed by atoms with Crippen molar-refractivity contribution in [3.05, 3.63) is 42.5 Å². The SMILES string of the molecule is COc1ccc(OC)c(NC(=S)Nc2ccccc2OC)c1. The number of anilines is 2. The molecule has 6 heteroatoms. The lowest BCUT2D eigenvalue weighted by molar-refractivity contribution is 0.405. The maximum Gasteiger partial charge on any atom is 0.175 e. The first-order valence-corrected chi connectivity index (χ1v) is 7.01. The topological polar surface area (TPSA) is 51.8 Å². The molecule has 0 aromatic heterocycles. The van der Waals surface area contributed by atoms with Crippen molar-refractivity contribution in [3.8, 4) is 17.2 Å². The molecule has 0 bridgehead atoms. The van der Waals surface area contributed by atoms with E-state index in [9.17, 15) is 0 Å². The Bertz CT molecular complexity index is 662. The van der Waals surface area contributed by atoms with Crippen LogP contribution in [0.15, 0.2) is 42.5 Å². The van der Waals surface area contributed by atoms with Gasteiger partial charge in [-0.2, -0.15) is 0 Å². The Labute approximate surface area is 135 Å². The second kappa shape index (κ2) is 7.51. The van der Waals surface area contributed by atoms with E-state index in [4.69, 9.17) is 26.4 Å². The zero-order valence-electron chi connectivity index (χ0n) is 12.7. The summed E-state index contributed by atoms with van der Waals surface area (Å²) in [6.45, 7) is 0. The van der Waals surface area contributed by atoms with Crippen LogP contribution in [-0.4, -0.2) is 26.4 Å². The second-order valence-corrected chi connectivity index (χ2v) is 4.75. The lowest BCUT2D eigenvalue weighted by Gasteiger charge is -2.15. The molecule has 0 saturated carbocycles. The molecule has 2 aromatic rings. The van der Waals surface area contributed by atoms with Gasteiger partial charge in [-0.3, -0.25) is 0 Å². The van der Waals surface area contributed by atoms with Crippen molar-refractivity contribution in [3.63, 3.8) is 0 Å². The van der Waals surface area contributed by atoms with E-state index in [1.165, 1.54) is 0 Å². The van der Waals surface area contributed by atoms with Crippen molar-refractivity contribution in [2.24, 2.45) is 0 Å². The van der Waals surface area contributed by atoms with E-state index < -0.39 is 0 Å². The van der Waals surface area contributed by atoms with Gasteiger partial charge in [0, 0.05) is 6.07 Å². The van der Waals surface area contributed by atoms with Crippen molar-refractivity contribution in [1.29, 1.82) is 0 Å². The van der Waals surface area contributed by atoms with E-state index in [-0.39, 0.29) is 0 Å². The van der Waals surface area contributed by atoms with Crippen LogP contribution in [0.2, 0.25) is 0 Å². The number of benzene rings is 2. The molecular formula is C16H18N2O3S. The minimum Gasteiger partial charge on any atom is -0.497 e. The average Bonchev–Trinajstić information content (AvgIpc) is 2.55. The molecule has 5 nitrogen and oxygen atoms in total. The molecule has 0 aliphatic carbocycles. The van der Waals surface area contributed by atoms with Gasteiger partial charge in [0.05, 0.1) is 32.7 Å². The summed E-state index contributed by atoms with van der Waals surface area (Å²) in [6.07, 6.45) is 0. The minimum absolute atomic E-state index is 0.427. The molecule has 116 valence electrons. The Balaban J connectivity index is 2.15. The summed E-state index contributed by atoms with van der Waals surface area (Å²) in [5, 5.41) is 6.62. The van der Waals surface area contributed by atoms with Crippen LogP contribution in [0.1, 0.15) is 0 Å². The molecule has 0 unspecified atom stereocenters. The summed E-state index contributed by atoms with van der Waals surface area (Å²) < 4.78 is 15.8. The van der Waals surface area contributed by atoms with Crippen molar-refractivity contribution in [2.45, 2.75) is 0 Å². The fourth-order valence-corrected chi connectivity index (χ4v) is 2.16. The van der Waals surface area contributed by atoms with Gasteiger partial charge >= 0.3 is 0 Å². The lowest BCUT2D eigenvalue weighted by atomic mass is 10.2. The highest BCUT2D eigenvalue weighted by molar-refractivity contribution is 7.80. The maximum absolute atomic E-state index is 5.34. The quantitative estimate of drug-likeness (QED) is 0.823. The van der Waals surface area contributed by atoms with Crippen LogP contribution in [0.4, 0.5) is 11.4 Å². The molecule has 0 radical (unpaired) electrons. The molecule has 2 N–H and O–H groups in total. The number of ether oxygens (including phenoxy) is 3. The standard InChI is InChI=1S/C16H18N2O3S/c1-19-11-8-9-15(21-3)13(10-11)18-16(22)17-12-6-4-5-7-14(12)20-2/h4-10H,1-3H3,(H2,17,18,22). The predicted octanol–water partition coefficient (Wildman–Crippen LogP) is 3.52. The zero-order valence-corrected chi connectivity index (χ0v) is 13.5. The van der Waals surface area contributed by atoms with Gasteiger partial charge < -0.3 is 24.8 Å². The maximum atomic E-state index is 5.34. The van der Waals surface area contributed by atoms with Crippen LogP contribution >= 0.6 is 12.2 Å². The van der Waals surface area contributed by atoms with E-state index in [1.807, 2.05) is 42.5 Å². The van der Waals surface area contributed by atoms with Gasteiger partial charge in [-0.15, -0.1) is 0 Å². The summed E-state index contributed by atoms with van der Waals surface area (Å²) in [5.74, 6) is 2.10. The van der Waals surface area contributed by atoms with Crippen LogP contribution in [0, 0.1) is 0 Å². The molecule has 0 saturated heterocycles. The molecular weight excluding hydrogens is 300 g/mol. The highest BCUT2D eigenvalue weighted by Crippen LogP contribution is 2.29. The predicted molar refractivity (Wildman–Crippen MR) is 92.4 cm³/mol. The van der Waals surface area contributed by atoms with Crippen LogP contribution in [-0.2, 0) is 0 Å². The smallest absolute Gasteiger partial charge is 0.175 e. The van der Waals surface area contributed by atoms with Crippen LogP contribution < -0.4 is 24.8 Å². The number of thiocarbonyl (C=S) groups is 1. The van der Waals surface area contributed by atoms with Crippen molar-refractivity contribution in [1.82, 2.24) is 0 Å². The van der Waals surface area contributed by atoms with E-state index >= 15 is 0 Å². The summed E-state index contributed by atoms with van der Waals surface area (Å²) in [6, 6.07) is 13.0. The zero-order chi connectivity index (χ0) is 15.9. The number of hydrogen-bond donors (Lipinski definition) is 2. The Hall–Kier alpha value is -2.47. The number of para-hydroxylation sites is 2. The first-order valence-electron chi connectivity index (χ1n) is 6.61. The summed E-state index contributed by atoms with van der Waals surface area (Å²) >= 11 is 5.34. The highest BCUT2D eigenvalue weighted by Gasteiger charge is 2.08. The number of rotatable bonds is 5. The molecule has 2 aromatic carbocycles. The largest absolute Gasteiger partial charge is 0.497 e. The monoisotopic (exact) mass is 318 g/mol. The third kappa shape index (κ3) is 3.79. The first-order chi connectivity index (χ1) is 10.7. The Morgan fingerprint density at radius 1 is 0.818 bits per heavy atom. The van der Waals surface area contributed by atoms with Gasteiger partial charge in [0.15, 0.2) is 5.11 Å². The summed E-state index contributed by atoms with van der Waals surface area (Å²) in [4.78, 5) is 0. The van der Waals surface area contributed by atoms with Gasteiger partial charge in [-0.1, -0.05) is 12.1 Å². The minimum atomic E-state index is 0.427. The normalized spacial score (nSPS) is 9.77. The van der Waals surface area contributed by atoms with Crippen molar-refractivity contribution in [2.75, 3.05) is 32.0 Å². The van der Waals surface area contributed by atoms with Crippen molar-refractivity contribution < 1.29 is 14.2 Å². The molecule has 0 heterocycles. The molecule has 0 amide bonds. The van der Waals surface area contributed by atoms with Gasteiger partial charge in [0.2, 0.25) is 0 Å². The van der Waals surface area contributed by atoms with Gasteiger partial charge in [0.25, 0.3) is 0 Å². The Morgan fingerprint density at radius 2 is 1.45 bits per heavy atom. The fraction of sp³-hybridized carbons (Fsp3) is 0.188. The molecule has 0 spiro atoms. The van der Waals surface area contributed by atoms with E-state index in [0.717, 1.165) is 5.69 Å².